The van der Waals surface area contributed by atoms with E-state index in [0.717, 1.165) is 59.1 Å². The number of hydrogen-bond donors (Lipinski definition) is 6. The summed E-state index contributed by atoms with van der Waals surface area (Å²) in [6.07, 6.45) is 3.05. The Balaban J connectivity index is 1.18. The number of rotatable bonds is 8. The molecule has 0 aromatic heterocycles. The number of aromatic hydroxyl groups is 2. The molecule has 0 spiro atoms. The summed E-state index contributed by atoms with van der Waals surface area (Å²) in [5.41, 5.74) is 7.33. The molecule has 8 rings (SSSR count). The van der Waals surface area contributed by atoms with Crippen LogP contribution in [-0.4, -0.2) is 45.4 Å². The van der Waals surface area contributed by atoms with Gasteiger partial charge in [0.15, 0.2) is 17.7 Å². The Hall–Kier alpha value is -4.64. The molecular formula is C38H39NO9. The van der Waals surface area contributed by atoms with Gasteiger partial charge in [0.25, 0.3) is 0 Å². The summed E-state index contributed by atoms with van der Waals surface area (Å²) in [5, 5.41) is 58.0. The van der Waals surface area contributed by atoms with E-state index < -0.39 is 18.2 Å². The van der Waals surface area contributed by atoms with Crippen LogP contribution in [-0.2, 0) is 26.1 Å². The molecule has 250 valence electrons. The standard InChI is InChI=1S/C38H39NO9/c1-45-30-12-21(13-31(37(30)43)48-22-7-2-3-8-22)25-18-47-29-14-26-32-24(33(29)36(25)42)10-9-23-28(15-27(41)35(34(23)32)38(44)39-26)46-17-20-6-4-5-19(11-20)16-40/h4-6,11-15,22,25,36,38-44H,2-3,7-10,16-18H2,1H3. The van der Waals surface area contributed by atoms with Crippen LogP contribution in [0.1, 0.15) is 82.9 Å². The van der Waals surface area contributed by atoms with Gasteiger partial charge >= 0.3 is 0 Å². The van der Waals surface area contributed by atoms with E-state index in [-0.39, 0.29) is 43.2 Å². The van der Waals surface area contributed by atoms with Crippen molar-refractivity contribution in [1.82, 2.24) is 0 Å². The van der Waals surface area contributed by atoms with Crippen LogP contribution in [0, 0.1) is 0 Å². The van der Waals surface area contributed by atoms with Crippen LogP contribution in [0.2, 0.25) is 0 Å². The van der Waals surface area contributed by atoms with E-state index in [1.54, 1.807) is 18.2 Å². The Kier molecular flexibility index (Phi) is 7.74. The molecule has 1 saturated carbocycles. The zero-order chi connectivity index (χ0) is 33.1. The zero-order valence-electron chi connectivity index (χ0n) is 26.7. The maximum absolute atomic E-state index is 12.1. The van der Waals surface area contributed by atoms with Gasteiger partial charge in [-0.3, -0.25) is 0 Å². The Morgan fingerprint density at radius 2 is 1.65 bits per heavy atom. The number of methoxy groups -OCH3 is 1. The lowest BCUT2D eigenvalue weighted by molar-refractivity contribution is 0.0876. The van der Waals surface area contributed by atoms with Crippen molar-refractivity contribution in [3.05, 3.63) is 87.5 Å². The molecule has 48 heavy (non-hydrogen) atoms. The van der Waals surface area contributed by atoms with E-state index in [2.05, 4.69) is 5.32 Å². The maximum atomic E-state index is 12.1. The molecule has 0 amide bonds. The highest BCUT2D eigenvalue weighted by molar-refractivity contribution is 5.93. The largest absolute Gasteiger partial charge is 0.507 e. The summed E-state index contributed by atoms with van der Waals surface area (Å²) >= 11 is 0. The molecule has 0 saturated heterocycles. The lowest BCUT2D eigenvalue weighted by Crippen LogP contribution is -2.29. The number of aliphatic hydroxyl groups is 3. The van der Waals surface area contributed by atoms with Crippen LogP contribution in [0.4, 0.5) is 5.69 Å². The van der Waals surface area contributed by atoms with Crippen molar-refractivity contribution in [1.29, 1.82) is 0 Å². The van der Waals surface area contributed by atoms with Crippen molar-refractivity contribution in [2.45, 2.75) is 76.1 Å². The lowest BCUT2D eigenvalue weighted by Gasteiger charge is -2.39. The number of benzene rings is 4. The van der Waals surface area contributed by atoms with Crippen molar-refractivity contribution in [2.75, 3.05) is 19.0 Å². The summed E-state index contributed by atoms with van der Waals surface area (Å²) in [7, 11) is 1.49. The third-order valence-corrected chi connectivity index (χ3v) is 10.3. The fourth-order valence-corrected chi connectivity index (χ4v) is 7.92. The minimum Gasteiger partial charge on any atom is -0.507 e. The number of fused-ring (bicyclic) bond motifs is 2. The Bertz CT molecular complexity index is 1900. The highest BCUT2D eigenvalue weighted by Gasteiger charge is 2.41. The summed E-state index contributed by atoms with van der Waals surface area (Å²) < 4.78 is 24.3. The molecule has 1 fully saturated rings. The zero-order valence-corrected chi connectivity index (χ0v) is 26.7. The molecule has 3 atom stereocenters. The summed E-state index contributed by atoms with van der Waals surface area (Å²) in [6.45, 7) is 0.351. The first-order chi connectivity index (χ1) is 23.3. The minimum absolute atomic E-state index is 0.0215. The maximum Gasteiger partial charge on any atom is 0.200 e. The third-order valence-electron chi connectivity index (χ3n) is 10.3. The Morgan fingerprint density at radius 3 is 2.44 bits per heavy atom. The topological polar surface area (TPSA) is 150 Å². The smallest absolute Gasteiger partial charge is 0.200 e. The van der Waals surface area contributed by atoms with Crippen molar-refractivity contribution < 1.29 is 44.5 Å². The molecule has 2 aliphatic carbocycles. The predicted octanol–water partition coefficient (Wildman–Crippen LogP) is 5.89. The summed E-state index contributed by atoms with van der Waals surface area (Å²) in [6, 6.07) is 14.4. The van der Waals surface area contributed by atoms with Crippen LogP contribution >= 0.6 is 0 Å². The molecule has 4 aromatic carbocycles. The van der Waals surface area contributed by atoms with Gasteiger partial charge in [-0.2, -0.15) is 0 Å². The van der Waals surface area contributed by atoms with E-state index in [1.165, 1.54) is 7.11 Å². The molecular weight excluding hydrogens is 614 g/mol. The number of nitrogens with one attached hydrogen (secondary N) is 1. The number of phenols is 2. The van der Waals surface area contributed by atoms with E-state index in [0.29, 0.717) is 52.5 Å². The van der Waals surface area contributed by atoms with Crippen LogP contribution in [0.25, 0.3) is 11.1 Å². The van der Waals surface area contributed by atoms with Gasteiger partial charge in [0.2, 0.25) is 5.75 Å². The second-order valence-electron chi connectivity index (χ2n) is 13.1. The van der Waals surface area contributed by atoms with Crippen molar-refractivity contribution in [3.63, 3.8) is 0 Å². The van der Waals surface area contributed by atoms with Crippen molar-refractivity contribution in [3.8, 4) is 45.6 Å². The van der Waals surface area contributed by atoms with Gasteiger partial charge in [-0.05, 0) is 72.9 Å². The van der Waals surface area contributed by atoms with Gasteiger partial charge in [-0.1, -0.05) is 24.3 Å². The molecule has 10 heteroatoms. The normalized spacial score (nSPS) is 20.7. The highest BCUT2D eigenvalue weighted by atomic mass is 16.5. The number of ether oxygens (including phenoxy) is 4. The first-order valence-electron chi connectivity index (χ1n) is 16.6. The molecule has 0 radical (unpaired) electrons. The first-order valence-corrected chi connectivity index (χ1v) is 16.6. The average Bonchev–Trinajstić information content (AvgIpc) is 3.61. The molecule has 0 bridgehead atoms. The summed E-state index contributed by atoms with van der Waals surface area (Å²) in [5.74, 6) is 1.03. The molecule has 10 nitrogen and oxygen atoms in total. The quantitative estimate of drug-likeness (QED) is 0.136. The first kappa shape index (κ1) is 30.7. The molecule has 3 unspecified atom stereocenters. The number of aliphatic hydroxyl groups excluding tert-OH is 3. The monoisotopic (exact) mass is 653 g/mol. The lowest BCUT2D eigenvalue weighted by atomic mass is 9.74. The average molecular weight is 654 g/mol. The fourth-order valence-electron chi connectivity index (χ4n) is 7.92. The van der Waals surface area contributed by atoms with Gasteiger partial charge in [-0.15, -0.1) is 0 Å². The van der Waals surface area contributed by atoms with E-state index >= 15 is 0 Å². The Labute approximate surface area is 278 Å². The SMILES string of the molecule is COc1cc(C2COc3cc4c5c(c3C2O)CCc2c(OCc3cccc(CO)c3)cc(O)c(c2-5)C(O)N4)cc(OC2CCCC2)c1O. The second kappa shape index (κ2) is 12.1. The van der Waals surface area contributed by atoms with Crippen LogP contribution < -0.4 is 24.3 Å². The van der Waals surface area contributed by atoms with Gasteiger partial charge < -0.3 is 49.8 Å². The van der Waals surface area contributed by atoms with Gasteiger partial charge in [0, 0.05) is 46.0 Å². The highest BCUT2D eigenvalue weighted by Crippen LogP contribution is 2.57. The van der Waals surface area contributed by atoms with Crippen LogP contribution in [0.15, 0.2) is 48.5 Å². The molecule has 4 aliphatic rings. The van der Waals surface area contributed by atoms with E-state index in [4.69, 9.17) is 18.9 Å². The number of anilines is 1. The van der Waals surface area contributed by atoms with Crippen molar-refractivity contribution >= 4 is 5.69 Å². The molecule has 6 N–H and O–H groups in total. The van der Waals surface area contributed by atoms with E-state index in [9.17, 15) is 25.5 Å². The molecule has 2 heterocycles. The third kappa shape index (κ3) is 5.06. The van der Waals surface area contributed by atoms with Crippen LogP contribution in [0.5, 0.6) is 34.5 Å². The molecule has 2 aliphatic heterocycles. The van der Waals surface area contributed by atoms with E-state index in [1.807, 2.05) is 30.3 Å². The van der Waals surface area contributed by atoms with Gasteiger partial charge in [0.1, 0.15) is 23.9 Å². The van der Waals surface area contributed by atoms with Gasteiger partial charge in [0.05, 0.1) is 38.1 Å². The van der Waals surface area contributed by atoms with Gasteiger partial charge in [-0.25, -0.2) is 0 Å². The summed E-state index contributed by atoms with van der Waals surface area (Å²) in [4.78, 5) is 0. The number of hydrogen-bond acceptors (Lipinski definition) is 10. The Morgan fingerprint density at radius 1 is 0.875 bits per heavy atom. The second-order valence-corrected chi connectivity index (χ2v) is 13.1. The van der Waals surface area contributed by atoms with Crippen LogP contribution in [0.3, 0.4) is 0 Å². The van der Waals surface area contributed by atoms with Crippen molar-refractivity contribution in [2.24, 2.45) is 0 Å². The minimum atomic E-state index is -1.16. The molecule has 4 aromatic rings. The fraction of sp³-hybridized carbons (Fsp3) is 0.368. The predicted molar refractivity (Wildman–Crippen MR) is 177 cm³/mol. The number of phenolic OH excluding ortho intramolecular Hbond substituents is 2.